The molecule has 4 heteroatoms. The number of rotatable bonds is 12. The van der Waals surface area contributed by atoms with Crippen LogP contribution in [0.2, 0.25) is 0 Å². The number of aliphatic carboxylic acids is 1. The minimum atomic E-state index is -1.42. The molecule has 0 amide bonds. The Balaban J connectivity index is 4.55. The van der Waals surface area contributed by atoms with Crippen LogP contribution in [0.5, 0.6) is 0 Å². The molecule has 22 heavy (non-hydrogen) atoms. The fourth-order valence-electron chi connectivity index (χ4n) is 2.51. The average molecular weight is 306 g/mol. The van der Waals surface area contributed by atoms with Gasteiger partial charge in [0.25, 0.3) is 0 Å². The second kappa shape index (κ2) is 12.0. The lowest BCUT2D eigenvalue weighted by molar-refractivity contribution is -0.876. The van der Waals surface area contributed by atoms with Crippen molar-refractivity contribution >= 4 is 5.97 Å². The van der Waals surface area contributed by atoms with Crippen LogP contribution in [0.4, 0.5) is 0 Å². The number of unbranched alkanes of at least 4 members (excludes halogenated alkanes) is 5. The van der Waals surface area contributed by atoms with Crippen molar-refractivity contribution in [2.45, 2.75) is 59.3 Å². The summed E-state index contributed by atoms with van der Waals surface area (Å²) >= 11 is 0. The standard InChI is InChI=1S/C18H30N2O2/c1-4-7-8-9-10-11-14-20(5-2,6-3)15-12-13-17(16-19)18(21)22/h12-13,15H,4-11,14H2,1-3H3/b15-12+,17-13+. The van der Waals surface area contributed by atoms with Crippen LogP contribution in [0.15, 0.2) is 23.9 Å². The number of carboxylic acids is 1. The van der Waals surface area contributed by atoms with Crippen LogP contribution < -0.4 is 5.11 Å². The Morgan fingerprint density at radius 1 is 1.09 bits per heavy atom. The number of nitrogens with zero attached hydrogens (tertiary/aromatic N) is 2. The molecule has 0 N–H and O–H groups in total. The molecule has 0 rings (SSSR count). The summed E-state index contributed by atoms with van der Waals surface area (Å²) in [6.45, 7) is 9.47. The first-order valence-corrected chi connectivity index (χ1v) is 8.42. The molecule has 0 aromatic heterocycles. The first-order valence-electron chi connectivity index (χ1n) is 8.42. The van der Waals surface area contributed by atoms with Gasteiger partial charge >= 0.3 is 0 Å². The lowest BCUT2D eigenvalue weighted by Crippen LogP contribution is -2.43. The Hall–Kier alpha value is -1.60. The van der Waals surface area contributed by atoms with Gasteiger partial charge in [-0.1, -0.05) is 32.6 Å². The molecule has 0 aliphatic heterocycles. The van der Waals surface area contributed by atoms with E-state index in [0.29, 0.717) is 0 Å². The number of carbonyl (C=O) groups excluding carboxylic acids is 1. The van der Waals surface area contributed by atoms with E-state index in [1.54, 1.807) is 12.1 Å². The van der Waals surface area contributed by atoms with Crippen molar-refractivity contribution in [2.24, 2.45) is 0 Å². The van der Waals surface area contributed by atoms with Gasteiger partial charge in [-0.15, -0.1) is 0 Å². The molecule has 0 aliphatic carbocycles. The van der Waals surface area contributed by atoms with E-state index in [2.05, 4.69) is 20.8 Å². The van der Waals surface area contributed by atoms with Gasteiger partial charge in [-0.25, -0.2) is 0 Å². The summed E-state index contributed by atoms with van der Waals surface area (Å²) in [7, 11) is 0. The lowest BCUT2D eigenvalue weighted by atomic mass is 10.1. The maximum atomic E-state index is 10.7. The number of hydrogen-bond donors (Lipinski definition) is 0. The zero-order valence-corrected chi connectivity index (χ0v) is 14.3. The third kappa shape index (κ3) is 7.99. The van der Waals surface area contributed by atoms with Gasteiger partial charge in [0.15, 0.2) is 0 Å². The maximum Gasteiger partial charge on any atom is 0.101 e. The highest BCUT2D eigenvalue weighted by molar-refractivity contribution is 5.89. The third-order valence-corrected chi connectivity index (χ3v) is 4.22. The maximum absolute atomic E-state index is 10.7. The second-order valence-electron chi connectivity index (χ2n) is 5.66. The van der Waals surface area contributed by atoms with Crippen LogP contribution in [0.1, 0.15) is 59.3 Å². The lowest BCUT2D eigenvalue weighted by Gasteiger charge is -2.32. The predicted molar refractivity (Wildman–Crippen MR) is 87.4 cm³/mol. The van der Waals surface area contributed by atoms with Crippen LogP contribution in [0.25, 0.3) is 0 Å². The molecule has 0 heterocycles. The molecule has 4 nitrogen and oxygen atoms in total. The Labute approximate surface area is 135 Å². The predicted octanol–water partition coefficient (Wildman–Crippen LogP) is 2.92. The van der Waals surface area contributed by atoms with Gasteiger partial charge in [-0.05, 0) is 38.8 Å². The summed E-state index contributed by atoms with van der Waals surface area (Å²) < 4.78 is 0.816. The second-order valence-corrected chi connectivity index (χ2v) is 5.66. The molecular weight excluding hydrogens is 276 g/mol. The van der Waals surface area contributed by atoms with Crippen LogP contribution in [-0.4, -0.2) is 30.1 Å². The zero-order chi connectivity index (χ0) is 16.8. The number of allylic oxidation sites excluding steroid dienone is 2. The van der Waals surface area contributed by atoms with Crippen molar-refractivity contribution in [3.05, 3.63) is 23.9 Å². The Bertz CT molecular complexity index is 415. The largest absolute Gasteiger partial charge is 0.544 e. The van der Waals surface area contributed by atoms with Crippen molar-refractivity contribution in [1.82, 2.24) is 0 Å². The van der Waals surface area contributed by atoms with E-state index in [-0.39, 0.29) is 5.57 Å². The fourth-order valence-corrected chi connectivity index (χ4v) is 2.51. The topological polar surface area (TPSA) is 63.9 Å². The van der Waals surface area contributed by atoms with E-state index in [1.807, 2.05) is 6.20 Å². The van der Waals surface area contributed by atoms with Crippen molar-refractivity contribution in [1.29, 1.82) is 5.26 Å². The van der Waals surface area contributed by atoms with Gasteiger partial charge in [0.1, 0.15) is 6.07 Å². The fraction of sp³-hybridized carbons (Fsp3) is 0.667. The van der Waals surface area contributed by atoms with Crippen LogP contribution >= 0.6 is 0 Å². The molecule has 0 aliphatic rings. The summed E-state index contributed by atoms with van der Waals surface area (Å²) in [5.41, 5.74) is -0.332. The molecule has 124 valence electrons. The number of nitriles is 1. The van der Waals surface area contributed by atoms with Gasteiger partial charge in [-0.3, -0.25) is 4.48 Å². The van der Waals surface area contributed by atoms with E-state index >= 15 is 0 Å². The van der Waals surface area contributed by atoms with E-state index < -0.39 is 5.97 Å². The van der Waals surface area contributed by atoms with Crippen molar-refractivity contribution in [3.63, 3.8) is 0 Å². The normalized spacial score (nSPS) is 12.5. The van der Waals surface area contributed by atoms with Gasteiger partial charge < -0.3 is 9.90 Å². The summed E-state index contributed by atoms with van der Waals surface area (Å²) in [6, 6.07) is 1.64. The number of carboxylic acid groups (broad SMARTS) is 1. The first-order chi connectivity index (χ1) is 10.5. The smallest absolute Gasteiger partial charge is 0.101 e. The summed E-state index contributed by atoms with van der Waals surface area (Å²) in [4.78, 5) is 10.7. The molecule has 0 atom stereocenters. The van der Waals surface area contributed by atoms with Crippen LogP contribution in [0, 0.1) is 11.3 Å². The van der Waals surface area contributed by atoms with E-state index in [1.165, 1.54) is 44.6 Å². The Kier molecular flexibility index (Phi) is 11.1. The van der Waals surface area contributed by atoms with Gasteiger partial charge in [0.2, 0.25) is 0 Å². The van der Waals surface area contributed by atoms with Crippen molar-refractivity contribution in [2.75, 3.05) is 19.6 Å². The van der Waals surface area contributed by atoms with Crippen LogP contribution in [0.3, 0.4) is 0 Å². The van der Waals surface area contributed by atoms with E-state index in [0.717, 1.165) is 24.1 Å². The van der Waals surface area contributed by atoms with E-state index in [4.69, 9.17) is 5.26 Å². The molecule has 0 fully saturated rings. The van der Waals surface area contributed by atoms with E-state index in [9.17, 15) is 9.90 Å². The number of quaternary nitrogens is 1. The molecule has 0 aromatic carbocycles. The highest BCUT2D eigenvalue weighted by Gasteiger charge is 2.18. The van der Waals surface area contributed by atoms with Gasteiger partial charge in [0, 0.05) is 0 Å². The zero-order valence-electron chi connectivity index (χ0n) is 14.3. The highest BCUT2D eigenvalue weighted by atomic mass is 16.4. The first kappa shape index (κ1) is 20.4. The van der Waals surface area contributed by atoms with Gasteiger partial charge in [-0.2, -0.15) is 5.26 Å². The number of hydrogen-bond acceptors (Lipinski definition) is 3. The Morgan fingerprint density at radius 3 is 2.18 bits per heavy atom. The SMILES string of the molecule is CCCCCCCC[N+](/C=C/C=C(\C#N)C(=O)[O-])(CC)CC. The quantitative estimate of drug-likeness (QED) is 0.183. The highest BCUT2D eigenvalue weighted by Crippen LogP contribution is 2.13. The molecule has 0 bridgehead atoms. The molecule has 0 saturated heterocycles. The van der Waals surface area contributed by atoms with Crippen molar-refractivity contribution < 1.29 is 14.4 Å². The minimum Gasteiger partial charge on any atom is -0.544 e. The van der Waals surface area contributed by atoms with Gasteiger partial charge in [0.05, 0.1) is 37.4 Å². The monoisotopic (exact) mass is 306 g/mol. The average Bonchev–Trinajstić information content (AvgIpc) is 2.52. The molecule has 0 unspecified atom stereocenters. The molecule has 0 radical (unpaired) electrons. The minimum absolute atomic E-state index is 0.332. The van der Waals surface area contributed by atoms with Crippen molar-refractivity contribution in [3.8, 4) is 6.07 Å². The molecular formula is C18H30N2O2. The summed E-state index contributed by atoms with van der Waals surface area (Å²) in [6.07, 6.45) is 12.6. The van der Waals surface area contributed by atoms with Crippen LogP contribution in [-0.2, 0) is 4.79 Å². The summed E-state index contributed by atoms with van der Waals surface area (Å²) in [5, 5.41) is 19.4. The Morgan fingerprint density at radius 2 is 1.68 bits per heavy atom. The third-order valence-electron chi connectivity index (χ3n) is 4.22. The molecule has 0 aromatic rings. The molecule has 0 saturated carbocycles. The molecule has 0 spiro atoms. The summed E-state index contributed by atoms with van der Waals surface area (Å²) in [5.74, 6) is -1.42. The number of carbonyl (C=O) groups is 1.